The van der Waals surface area contributed by atoms with Gasteiger partial charge in [0, 0.05) is 11.1 Å². The molecule has 2 N–H and O–H groups in total. The number of ether oxygens (including phenoxy) is 1. The van der Waals surface area contributed by atoms with Gasteiger partial charge >= 0.3 is 5.97 Å². The van der Waals surface area contributed by atoms with Crippen LogP contribution in [0.15, 0.2) is 91.5 Å². The van der Waals surface area contributed by atoms with E-state index in [0.29, 0.717) is 16.8 Å². The quantitative estimate of drug-likeness (QED) is 0.343. The van der Waals surface area contributed by atoms with Crippen LogP contribution in [0.25, 0.3) is 0 Å². The predicted molar refractivity (Wildman–Crippen MR) is 119 cm³/mol. The van der Waals surface area contributed by atoms with Gasteiger partial charge in [-0.15, -0.1) is 0 Å². The van der Waals surface area contributed by atoms with Gasteiger partial charge < -0.3 is 10.5 Å². The third-order valence-corrected chi connectivity index (χ3v) is 4.55. The van der Waals surface area contributed by atoms with Crippen LogP contribution in [0.1, 0.15) is 26.3 Å². The molecule has 31 heavy (non-hydrogen) atoms. The molecule has 1 amide bonds. The first kappa shape index (κ1) is 21.7. The number of para-hydroxylation sites is 2. The Hall–Kier alpha value is -4.03. The number of nitrogens with two attached hydrogens (primary N) is 1. The lowest BCUT2D eigenvalue weighted by Crippen LogP contribution is -2.34. The van der Waals surface area contributed by atoms with Crippen molar-refractivity contribution in [3.05, 3.63) is 108 Å². The molecule has 3 aromatic rings. The standard InChI is InChI=1S/C25H22N2O4/c1-2-16-31-25(30)20-13-7-9-15-22(20)27(23(28)17-26)21-14-8-6-12-19(21)24(29)18-10-4-3-5-11-18/h2-15H,1,16-17,26H2. The Morgan fingerprint density at radius 2 is 1.39 bits per heavy atom. The highest BCUT2D eigenvalue weighted by molar-refractivity contribution is 6.16. The number of hydrogen-bond donors (Lipinski definition) is 1. The van der Waals surface area contributed by atoms with Crippen molar-refractivity contribution in [2.24, 2.45) is 5.73 Å². The van der Waals surface area contributed by atoms with Crippen molar-refractivity contribution in [1.82, 2.24) is 0 Å². The number of amides is 1. The van der Waals surface area contributed by atoms with Gasteiger partial charge in [-0.05, 0) is 24.3 Å². The van der Waals surface area contributed by atoms with Gasteiger partial charge in [0.05, 0.1) is 23.5 Å². The summed E-state index contributed by atoms with van der Waals surface area (Å²) >= 11 is 0. The number of esters is 1. The zero-order valence-corrected chi connectivity index (χ0v) is 16.9. The minimum Gasteiger partial charge on any atom is -0.458 e. The van der Waals surface area contributed by atoms with E-state index in [1.807, 2.05) is 6.07 Å². The Bertz CT molecular complexity index is 1110. The zero-order valence-electron chi connectivity index (χ0n) is 16.9. The first-order chi connectivity index (χ1) is 15.1. The summed E-state index contributed by atoms with van der Waals surface area (Å²) in [5.74, 6) is -1.34. The topological polar surface area (TPSA) is 89.7 Å². The second-order valence-electron chi connectivity index (χ2n) is 6.55. The molecule has 0 aliphatic carbocycles. The number of rotatable bonds is 8. The van der Waals surface area contributed by atoms with E-state index in [1.54, 1.807) is 72.8 Å². The van der Waals surface area contributed by atoms with Gasteiger partial charge in [0.1, 0.15) is 6.61 Å². The van der Waals surface area contributed by atoms with Crippen molar-refractivity contribution in [3.63, 3.8) is 0 Å². The molecule has 0 aliphatic heterocycles. The summed E-state index contributed by atoms with van der Waals surface area (Å²) in [5, 5.41) is 0. The predicted octanol–water partition coefficient (Wildman–Crippen LogP) is 3.88. The number of hydrogen-bond acceptors (Lipinski definition) is 5. The van der Waals surface area contributed by atoms with E-state index in [9.17, 15) is 14.4 Å². The van der Waals surface area contributed by atoms with Gasteiger partial charge in [-0.2, -0.15) is 0 Å². The maximum Gasteiger partial charge on any atom is 0.340 e. The van der Waals surface area contributed by atoms with Crippen LogP contribution in [-0.4, -0.2) is 30.8 Å². The van der Waals surface area contributed by atoms with Crippen molar-refractivity contribution in [3.8, 4) is 0 Å². The fraction of sp³-hybridized carbons (Fsp3) is 0.0800. The number of ketones is 1. The maximum absolute atomic E-state index is 13.2. The molecule has 6 nitrogen and oxygen atoms in total. The minimum absolute atomic E-state index is 0.0289. The Balaban J connectivity index is 2.15. The van der Waals surface area contributed by atoms with Gasteiger partial charge in [0.2, 0.25) is 5.91 Å². The van der Waals surface area contributed by atoms with E-state index >= 15 is 0 Å². The summed E-state index contributed by atoms with van der Waals surface area (Å²) in [5.41, 5.74) is 7.26. The van der Waals surface area contributed by atoms with Crippen LogP contribution in [0.2, 0.25) is 0 Å². The lowest BCUT2D eigenvalue weighted by Gasteiger charge is -2.26. The van der Waals surface area contributed by atoms with Crippen molar-refractivity contribution in [2.45, 2.75) is 0 Å². The largest absolute Gasteiger partial charge is 0.458 e. The summed E-state index contributed by atoms with van der Waals surface area (Å²) in [6.07, 6.45) is 1.46. The summed E-state index contributed by atoms with van der Waals surface area (Å²) in [7, 11) is 0. The molecule has 0 heterocycles. The summed E-state index contributed by atoms with van der Waals surface area (Å²) in [6.45, 7) is 3.25. The number of carbonyl (C=O) groups excluding carboxylic acids is 3. The Morgan fingerprint density at radius 3 is 2.00 bits per heavy atom. The number of benzene rings is 3. The molecule has 0 unspecified atom stereocenters. The molecule has 0 aliphatic rings. The lowest BCUT2D eigenvalue weighted by molar-refractivity contribution is -0.116. The molecule has 0 spiro atoms. The van der Waals surface area contributed by atoms with Gasteiger partial charge in [-0.1, -0.05) is 67.3 Å². The van der Waals surface area contributed by atoms with Crippen molar-refractivity contribution in [2.75, 3.05) is 18.1 Å². The van der Waals surface area contributed by atoms with Crippen LogP contribution >= 0.6 is 0 Å². The first-order valence-electron chi connectivity index (χ1n) is 9.67. The van der Waals surface area contributed by atoms with E-state index in [4.69, 9.17) is 10.5 Å². The molecular weight excluding hydrogens is 392 g/mol. The highest BCUT2D eigenvalue weighted by atomic mass is 16.5. The van der Waals surface area contributed by atoms with E-state index < -0.39 is 11.9 Å². The normalized spacial score (nSPS) is 10.2. The average Bonchev–Trinajstić information content (AvgIpc) is 2.83. The van der Waals surface area contributed by atoms with Crippen LogP contribution < -0.4 is 10.6 Å². The van der Waals surface area contributed by atoms with E-state index in [1.165, 1.54) is 11.0 Å². The average molecular weight is 414 g/mol. The lowest BCUT2D eigenvalue weighted by atomic mass is 10.00. The molecular formula is C25H22N2O4. The molecule has 0 saturated heterocycles. The Kier molecular flexibility index (Phi) is 7.09. The van der Waals surface area contributed by atoms with Gasteiger partial charge in [0.15, 0.2) is 5.78 Å². The molecule has 0 aromatic heterocycles. The van der Waals surface area contributed by atoms with Gasteiger partial charge in [-0.25, -0.2) is 4.79 Å². The monoisotopic (exact) mass is 414 g/mol. The number of nitrogens with zero attached hydrogens (tertiary/aromatic N) is 1. The summed E-state index contributed by atoms with van der Waals surface area (Å²) < 4.78 is 5.17. The van der Waals surface area contributed by atoms with Crippen LogP contribution in [-0.2, 0) is 9.53 Å². The van der Waals surface area contributed by atoms with Gasteiger partial charge in [-0.3, -0.25) is 14.5 Å². The van der Waals surface area contributed by atoms with E-state index in [0.717, 1.165) is 0 Å². The van der Waals surface area contributed by atoms with E-state index in [-0.39, 0.29) is 30.2 Å². The second-order valence-corrected chi connectivity index (χ2v) is 6.55. The molecule has 0 fully saturated rings. The molecule has 0 bridgehead atoms. The molecule has 0 saturated carbocycles. The first-order valence-corrected chi connectivity index (χ1v) is 9.67. The fourth-order valence-corrected chi connectivity index (χ4v) is 3.15. The fourth-order valence-electron chi connectivity index (χ4n) is 3.15. The molecule has 0 radical (unpaired) electrons. The van der Waals surface area contributed by atoms with Crippen LogP contribution in [0, 0.1) is 0 Å². The van der Waals surface area contributed by atoms with Crippen LogP contribution in [0.3, 0.4) is 0 Å². The molecule has 156 valence electrons. The van der Waals surface area contributed by atoms with Crippen molar-refractivity contribution >= 4 is 29.0 Å². The van der Waals surface area contributed by atoms with Crippen molar-refractivity contribution < 1.29 is 19.1 Å². The molecule has 0 atom stereocenters. The van der Waals surface area contributed by atoms with Crippen molar-refractivity contribution in [1.29, 1.82) is 0 Å². The Morgan fingerprint density at radius 1 is 0.839 bits per heavy atom. The van der Waals surface area contributed by atoms with E-state index in [2.05, 4.69) is 6.58 Å². The maximum atomic E-state index is 13.2. The number of anilines is 2. The zero-order chi connectivity index (χ0) is 22.2. The van der Waals surface area contributed by atoms with Crippen LogP contribution in [0.4, 0.5) is 11.4 Å². The van der Waals surface area contributed by atoms with Gasteiger partial charge in [0.25, 0.3) is 0 Å². The second kappa shape index (κ2) is 10.1. The number of carbonyl (C=O) groups is 3. The smallest absolute Gasteiger partial charge is 0.340 e. The molecule has 6 heteroatoms. The SMILES string of the molecule is C=CCOC(=O)c1ccccc1N(C(=O)CN)c1ccccc1C(=O)c1ccccc1. The highest BCUT2D eigenvalue weighted by Gasteiger charge is 2.27. The highest BCUT2D eigenvalue weighted by Crippen LogP contribution is 2.33. The molecule has 3 aromatic carbocycles. The minimum atomic E-state index is -0.614. The third kappa shape index (κ3) is 4.76. The Labute approximate surface area is 180 Å². The molecule has 3 rings (SSSR count). The third-order valence-electron chi connectivity index (χ3n) is 4.55. The van der Waals surface area contributed by atoms with Crippen LogP contribution in [0.5, 0.6) is 0 Å². The summed E-state index contributed by atoms with van der Waals surface area (Å²) in [6, 6.07) is 22.0. The summed E-state index contributed by atoms with van der Waals surface area (Å²) in [4.78, 5) is 40.0.